The van der Waals surface area contributed by atoms with Crippen LogP contribution in [0.2, 0.25) is 0 Å². The van der Waals surface area contributed by atoms with Crippen LogP contribution < -0.4 is 4.74 Å². The van der Waals surface area contributed by atoms with Crippen molar-refractivity contribution in [3.63, 3.8) is 0 Å². The number of aromatic nitrogens is 2. The summed E-state index contributed by atoms with van der Waals surface area (Å²) in [5.41, 5.74) is 1.01. The Morgan fingerprint density at radius 2 is 1.90 bits per heavy atom. The molecule has 0 N–H and O–H groups in total. The van der Waals surface area contributed by atoms with Crippen molar-refractivity contribution in [1.29, 1.82) is 0 Å². The van der Waals surface area contributed by atoms with E-state index in [2.05, 4.69) is 14.3 Å². The zero-order chi connectivity index (χ0) is 14.5. The predicted octanol–water partition coefficient (Wildman–Crippen LogP) is 2.11. The zero-order valence-electron chi connectivity index (χ0n) is 11.0. The molecule has 104 valence electrons. The lowest BCUT2D eigenvalue weighted by molar-refractivity contribution is 0.0600. The summed E-state index contributed by atoms with van der Waals surface area (Å²) in [6, 6.07) is 6.12. The molecule has 0 radical (unpaired) electrons. The standard InChI is InChI=1S/C13H12N2O4S/c1-3-10-11(20-15-14-10)13(17)19-9-6-4-8(5-7-9)12(16)18-2/h4-7H,3H2,1-2H3. The van der Waals surface area contributed by atoms with Crippen molar-refractivity contribution in [2.45, 2.75) is 13.3 Å². The third-order valence-electron chi connectivity index (χ3n) is 2.56. The van der Waals surface area contributed by atoms with Gasteiger partial charge >= 0.3 is 11.9 Å². The van der Waals surface area contributed by atoms with Crippen molar-refractivity contribution < 1.29 is 19.1 Å². The molecular weight excluding hydrogens is 280 g/mol. The molecule has 1 aromatic heterocycles. The van der Waals surface area contributed by atoms with Crippen LogP contribution in [0.3, 0.4) is 0 Å². The van der Waals surface area contributed by atoms with Crippen LogP contribution in [0, 0.1) is 0 Å². The van der Waals surface area contributed by atoms with Gasteiger partial charge in [0.1, 0.15) is 5.75 Å². The van der Waals surface area contributed by atoms with Crippen molar-refractivity contribution in [2.75, 3.05) is 7.11 Å². The molecule has 0 fully saturated rings. The van der Waals surface area contributed by atoms with Crippen molar-refractivity contribution in [2.24, 2.45) is 0 Å². The molecule has 20 heavy (non-hydrogen) atoms. The number of esters is 2. The van der Waals surface area contributed by atoms with Crippen LogP contribution in [0.5, 0.6) is 5.75 Å². The van der Waals surface area contributed by atoms with Gasteiger partial charge in [0.2, 0.25) is 0 Å². The van der Waals surface area contributed by atoms with Gasteiger partial charge in [-0.05, 0) is 42.2 Å². The summed E-state index contributed by atoms with van der Waals surface area (Å²) in [5, 5.41) is 3.85. The van der Waals surface area contributed by atoms with E-state index >= 15 is 0 Å². The lowest BCUT2D eigenvalue weighted by Gasteiger charge is -2.04. The second-order valence-electron chi connectivity index (χ2n) is 3.81. The summed E-state index contributed by atoms with van der Waals surface area (Å²) in [5.74, 6) is -0.594. The van der Waals surface area contributed by atoms with Crippen molar-refractivity contribution >= 4 is 23.5 Å². The largest absolute Gasteiger partial charge is 0.465 e. The van der Waals surface area contributed by atoms with Crippen LogP contribution in [0.4, 0.5) is 0 Å². The SMILES string of the molecule is CCc1nnsc1C(=O)Oc1ccc(C(=O)OC)cc1. The second-order valence-corrected chi connectivity index (χ2v) is 4.56. The molecule has 7 heteroatoms. The average molecular weight is 292 g/mol. The van der Waals surface area contributed by atoms with Gasteiger partial charge in [0.05, 0.1) is 18.4 Å². The van der Waals surface area contributed by atoms with Gasteiger partial charge in [-0.1, -0.05) is 11.4 Å². The van der Waals surface area contributed by atoms with E-state index in [-0.39, 0.29) is 0 Å². The minimum Gasteiger partial charge on any atom is -0.465 e. The number of nitrogens with zero attached hydrogens (tertiary/aromatic N) is 2. The number of methoxy groups -OCH3 is 1. The number of carbonyl (C=O) groups excluding carboxylic acids is 2. The van der Waals surface area contributed by atoms with Gasteiger partial charge in [0.25, 0.3) is 0 Å². The summed E-state index contributed by atoms with van der Waals surface area (Å²) in [7, 11) is 1.30. The first kappa shape index (κ1) is 14.1. The first-order chi connectivity index (χ1) is 9.65. The molecule has 2 rings (SSSR count). The predicted molar refractivity (Wildman–Crippen MR) is 72.0 cm³/mol. The Morgan fingerprint density at radius 1 is 1.20 bits per heavy atom. The molecule has 0 aliphatic carbocycles. The van der Waals surface area contributed by atoms with Crippen molar-refractivity contribution in [3.05, 3.63) is 40.4 Å². The van der Waals surface area contributed by atoms with Crippen LogP contribution in [-0.2, 0) is 11.2 Å². The Labute approximate surface area is 119 Å². The zero-order valence-corrected chi connectivity index (χ0v) is 11.8. The fourth-order valence-corrected chi connectivity index (χ4v) is 2.15. The van der Waals surface area contributed by atoms with E-state index in [4.69, 9.17) is 4.74 Å². The Kier molecular flexibility index (Phi) is 4.41. The maximum atomic E-state index is 11.9. The maximum Gasteiger partial charge on any atom is 0.357 e. The Morgan fingerprint density at radius 3 is 2.50 bits per heavy atom. The summed E-state index contributed by atoms with van der Waals surface area (Å²) < 4.78 is 13.5. The van der Waals surface area contributed by atoms with Gasteiger partial charge in [0.15, 0.2) is 4.88 Å². The molecule has 2 aromatic rings. The molecule has 0 bridgehead atoms. The Bertz CT molecular complexity index is 622. The minimum absolute atomic E-state index is 0.345. The molecule has 0 amide bonds. The molecule has 1 aromatic carbocycles. The molecule has 0 saturated heterocycles. The van der Waals surface area contributed by atoms with Crippen LogP contribution in [0.25, 0.3) is 0 Å². The maximum absolute atomic E-state index is 11.9. The number of benzene rings is 1. The van der Waals surface area contributed by atoms with Gasteiger partial charge in [-0.2, -0.15) is 0 Å². The lowest BCUT2D eigenvalue weighted by atomic mass is 10.2. The molecular formula is C13H12N2O4S. The topological polar surface area (TPSA) is 78.4 Å². The number of aryl methyl sites for hydroxylation is 1. The number of carbonyl (C=O) groups is 2. The molecule has 6 nitrogen and oxygen atoms in total. The molecule has 0 aliphatic rings. The summed E-state index contributed by atoms with van der Waals surface area (Å²) in [6.45, 7) is 1.89. The highest BCUT2D eigenvalue weighted by atomic mass is 32.1. The van der Waals surface area contributed by atoms with E-state index in [1.165, 1.54) is 31.4 Å². The van der Waals surface area contributed by atoms with Crippen molar-refractivity contribution in [3.8, 4) is 5.75 Å². The Balaban J connectivity index is 2.10. The van der Waals surface area contributed by atoms with E-state index < -0.39 is 11.9 Å². The summed E-state index contributed by atoms with van der Waals surface area (Å²) in [4.78, 5) is 23.6. The summed E-state index contributed by atoms with van der Waals surface area (Å²) >= 11 is 1.00. The van der Waals surface area contributed by atoms with Gasteiger partial charge < -0.3 is 9.47 Å². The normalized spacial score (nSPS) is 10.1. The third kappa shape index (κ3) is 3.00. The quantitative estimate of drug-likeness (QED) is 0.634. The van der Waals surface area contributed by atoms with E-state index in [9.17, 15) is 9.59 Å². The molecule has 0 atom stereocenters. The van der Waals surface area contributed by atoms with Crippen LogP contribution in [0.15, 0.2) is 24.3 Å². The van der Waals surface area contributed by atoms with Gasteiger partial charge in [-0.25, -0.2) is 9.59 Å². The molecule has 0 saturated carbocycles. The second kappa shape index (κ2) is 6.25. The fraction of sp³-hybridized carbons (Fsp3) is 0.231. The van der Waals surface area contributed by atoms with Crippen LogP contribution >= 0.6 is 11.5 Å². The van der Waals surface area contributed by atoms with Crippen LogP contribution in [0.1, 0.15) is 32.6 Å². The van der Waals surface area contributed by atoms with Gasteiger partial charge in [-0.3, -0.25) is 0 Å². The highest BCUT2D eigenvalue weighted by Crippen LogP contribution is 2.18. The summed E-state index contributed by atoms with van der Waals surface area (Å²) in [6.07, 6.45) is 0.613. The number of hydrogen-bond acceptors (Lipinski definition) is 7. The first-order valence-corrected chi connectivity index (χ1v) is 6.64. The van der Waals surface area contributed by atoms with E-state index in [0.29, 0.717) is 28.3 Å². The third-order valence-corrected chi connectivity index (χ3v) is 3.31. The lowest BCUT2D eigenvalue weighted by Crippen LogP contribution is -2.09. The molecule has 0 spiro atoms. The van der Waals surface area contributed by atoms with Gasteiger partial charge in [-0.15, -0.1) is 5.10 Å². The van der Waals surface area contributed by atoms with E-state index in [0.717, 1.165) is 11.5 Å². The van der Waals surface area contributed by atoms with Crippen molar-refractivity contribution in [1.82, 2.24) is 9.59 Å². The first-order valence-electron chi connectivity index (χ1n) is 5.87. The number of hydrogen-bond donors (Lipinski definition) is 0. The van der Waals surface area contributed by atoms with E-state index in [1.54, 1.807) is 0 Å². The van der Waals surface area contributed by atoms with E-state index in [1.807, 2.05) is 6.92 Å². The average Bonchev–Trinajstić information content (AvgIpc) is 2.95. The van der Waals surface area contributed by atoms with Gasteiger partial charge in [0, 0.05) is 0 Å². The molecule has 0 aliphatic heterocycles. The highest BCUT2D eigenvalue weighted by molar-refractivity contribution is 7.07. The number of rotatable bonds is 4. The Hall–Kier alpha value is -2.28. The highest BCUT2D eigenvalue weighted by Gasteiger charge is 2.17. The van der Waals surface area contributed by atoms with Crippen LogP contribution in [-0.4, -0.2) is 28.6 Å². The molecule has 0 unspecified atom stereocenters. The smallest absolute Gasteiger partial charge is 0.357 e. The monoisotopic (exact) mass is 292 g/mol. The minimum atomic E-state index is -0.498. The molecule has 1 heterocycles. The fourth-order valence-electron chi connectivity index (χ4n) is 1.53. The number of ether oxygens (including phenoxy) is 2.